The van der Waals surface area contributed by atoms with Crippen molar-refractivity contribution in [3.63, 3.8) is 0 Å². The average Bonchev–Trinajstić information content (AvgIpc) is 2.47. The van der Waals surface area contributed by atoms with Crippen molar-refractivity contribution in [3.05, 3.63) is 59.8 Å². The molecule has 3 nitrogen and oxygen atoms in total. The van der Waals surface area contributed by atoms with Crippen LogP contribution in [0.2, 0.25) is 0 Å². The fourth-order valence-corrected chi connectivity index (χ4v) is 2.06. The molecule has 0 saturated heterocycles. The van der Waals surface area contributed by atoms with Crippen LogP contribution in [0.1, 0.15) is 11.3 Å². The molecule has 1 heterocycles. The molecule has 0 fully saturated rings. The Bertz CT molecular complexity index is 783. The Balaban J connectivity index is 2.17. The molecule has 0 spiro atoms. The molecule has 0 saturated carbocycles. The summed E-state index contributed by atoms with van der Waals surface area (Å²) in [6.07, 6.45) is 0. The lowest BCUT2D eigenvalue weighted by Gasteiger charge is -2.05. The summed E-state index contributed by atoms with van der Waals surface area (Å²) in [6.45, 7) is 1.98. The van der Waals surface area contributed by atoms with Crippen LogP contribution in [0.15, 0.2) is 48.5 Å². The topological polar surface area (TPSA) is 49.6 Å². The van der Waals surface area contributed by atoms with Crippen molar-refractivity contribution in [1.29, 1.82) is 5.26 Å². The minimum absolute atomic E-state index is 0.640. The first-order valence-electron chi connectivity index (χ1n) is 6.02. The monoisotopic (exact) mass is 245 g/mol. The van der Waals surface area contributed by atoms with E-state index in [2.05, 4.69) is 16.0 Å². The molecule has 3 heteroatoms. The maximum Gasteiger partial charge on any atom is 0.160 e. The van der Waals surface area contributed by atoms with Crippen molar-refractivity contribution in [2.45, 2.75) is 6.92 Å². The first-order valence-corrected chi connectivity index (χ1v) is 6.02. The Hall–Kier alpha value is -2.73. The van der Waals surface area contributed by atoms with Crippen LogP contribution in [0, 0.1) is 18.3 Å². The Morgan fingerprint density at radius 1 is 0.947 bits per heavy atom. The van der Waals surface area contributed by atoms with Crippen molar-refractivity contribution in [3.8, 4) is 17.5 Å². The van der Waals surface area contributed by atoms with Gasteiger partial charge in [-0.25, -0.2) is 9.97 Å². The van der Waals surface area contributed by atoms with Gasteiger partial charge in [0.15, 0.2) is 5.82 Å². The standard InChI is InChI=1S/C16H11N3/c1-11-14-4-2-3-5-15(14)19-16(18-11)13-8-6-12(10-17)7-9-13/h2-9H,1H3. The van der Waals surface area contributed by atoms with Crippen molar-refractivity contribution < 1.29 is 0 Å². The minimum atomic E-state index is 0.640. The summed E-state index contributed by atoms with van der Waals surface area (Å²) >= 11 is 0. The maximum atomic E-state index is 8.80. The van der Waals surface area contributed by atoms with Gasteiger partial charge in [-0.1, -0.05) is 18.2 Å². The van der Waals surface area contributed by atoms with E-state index in [1.54, 1.807) is 12.1 Å². The molecule has 3 rings (SSSR count). The normalized spacial score (nSPS) is 10.3. The van der Waals surface area contributed by atoms with E-state index in [0.717, 1.165) is 22.2 Å². The van der Waals surface area contributed by atoms with Gasteiger partial charge in [0.05, 0.1) is 17.1 Å². The smallest absolute Gasteiger partial charge is 0.160 e. The first-order chi connectivity index (χ1) is 9.28. The predicted molar refractivity (Wildman–Crippen MR) is 74.4 cm³/mol. The van der Waals surface area contributed by atoms with Crippen LogP contribution < -0.4 is 0 Å². The number of hydrogen-bond acceptors (Lipinski definition) is 3. The molecule has 90 valence electrons. The fraction of sp³-hybridized carbons (Fsp3) is 0.0625. The second-order valence-electron chi connectivity index (χ2n) is 4.34. The number of rotatable bonds is 1. The van der Waals surface area contributed by atoms with Crippen LogP contribution in [-0.2, 0) is 0 Å². The number of hydrogen-bond donors (Lipinski definition) is 0. The van der Waals surface area contributed by atoms with E-state index >= 15 is 0 Å². The number of aryl methyl sites for hydroxylation is 1. The zero-order valence-corrected chi connectivity index (χ0v) is 10.5. The molecule has 0 unspecified atom stereocenters. The zero-order valence-electron chi connectivity index (χ0n) is 10.5. The van der Waals surface area contributed by atoms with Gasteiger partial charge >= 0.3 is 0 Å². The van der Waals surface area contributed by atoms with Gasteiger partial charge in [-0.05, 0) is 37.3 Å². The molecule has 1 aromatic heterocycles. The third kappa shape index (κ3) is 2.04. The Morgan fingerprint density at radius 3 is 2.42 bits per heavy atom. The lowest BCUT2D eigenvalue weighted by atomic mass is 10.1. The van der Waals surface area contributed by atoms with Gasteiger partial charge in [0.25, 0.3) is 0 Å². The molecule has 0 atom stereocenters. The summed E-state index contributed by atoms with van der Waals surface area (Å²) in [4.78, 5) is 9.10. The molecule has 0 radical (unpaired) electrons. The van der Waals surface area contributed by atoms with E-state index in [4.69, 9.17) is 5.26 Å². The van der Waals surface area contributed by atoms with Gasteiger partial charge < -0.3 is 0 Å². The first kappa shape index (κ1) is 11.4. The van der Waals surface area contributed by atoms with Crippen LogP contribution in [0.3, 0.4) is 0 Å². The molecule has 0 aliphatic heterocycles. The molecule has 0 N–H and O–H groups in total. The van der Waals surface area contributed by atoms with Crippen LogP contribution in [0.25, 0.3) is 22.3 Å². The highest BCUT2D eigenvalue weighted by atomic mass is 14.9. The zero-order chi connectivity index (χ0) is 13.2. The highest BCUT2D eigenvalue weighted by Gasteiger charge is 2.06. The number of para-hydroxylation sites is 1. The maximum absolute atomic E-state index is 8.80. The Labute approximate surface area is 111 Å². The van der Waals surface area contributed by atoms with E-state index in [1.165, 1.54) is 0 Å². The van der Waals surface area contributed by atoms with Crippen molar-refractivity contribution in [1.82, 2.24) is 9.97 Å². The van der Waals surface area contributed by atoms with Crippen molar-refractivity contribution >= 4 is 10.9 Å². The van der Waals surface area contributed by atoms with E-state index in [9.17, 15) is 0 Å². The quantitative estimate of drug-likeness (QED) is 0.659. The number of nitriles is 1. The number of fused-ring (bicyclic) bond motifs is 1. The third-order valence-electron chi connectivity index (χ3n) is 3.07. The molecular weight excluding hydrogens is 234 g/mol. The van der Waals surface area contributed by atoms with Gasteiger partial charge in [-0.15, -0.1) is 0 Å². The van der Waals surface area contributed by atoms with E-state index in [-0.39, 0.29) is 0 Å². The van der Waals surface area contributed by atoms with Gasteiger partial charge in [0, 0.05) is 16.6 Å². The van der Waals surface area contributed by atoms with Gasteiger partial charge in [0.1, 0.15) is 0 Å². The van der Waals surface area contributed by atoms with E-state index in [0.29, 0.717) is 11.4 Å². The second kappa shape index (κ2) is 4.51. The van der Waals surface area contributed by atoms with Crippen LogP contribution in [0.4, 0.5) is 0 Å². The molecule has 2 aromatic carbocycles. The Kier molecular flexibility index (Phi) is 2.70. The minimum Gasteiger partial charge on any atom is -0.233 e. The predicted octanol–water partition coefficient (Wildman–Crippen LogP) is 3.48. The number of nitrogens with zero attached hydrogens (tertiary/aromatic N) is 3. The highest BCUT2D eigenvalue weighted by Crippen LogP contribution is 2.21. The van der Waals surface area contributed by atoms with E-state index < -0.39 is 0 Å². The Morgan fingerprint density at radius 2 is 1.68 bits per heavy atom. The molecule has 19 heavy (non-hydrogen) atoms. The van der Waals surface area contributed by atoms with Crippen LogP contribution in [0.5, 0.6) is 0 Å². The third-order valence-corrected chi connectivity index (χ3v) is 3.07. The van der Waals surface area contributed by atoms with Crippen LogP contribution >= 0.6 is 0 Å². The molecule has 0 aliphatic carbocycles. The van der Waals surface area contributed by atoms with Gasteiger partial charge in [0.2, 0.25) is 0 Å². The highest BCUT2D eigenvalue weighted by molar-refractivity contribution is 5.82. The summed E-state index contributed by atoms with van der Waals surface area (Å²) in [5.41, 5.74) is 3.47. The summed E-state index contributed by atoms with van der Waals surface area (Å²) in [5, 5.41) is 9.87. The summed E-state index contributed by atoms with van der Waals surface area (Å²) < 4.78 is 0. The molecule has 0 amide bonds. The summed E-state index contributed by atoms with van der Waals surface area (Å²) in [7, 11) is 0. The lowest BCUT2D eigenvalue weighted by molar-refractivity contribution is 1.16. The van der Waals surface area contributed by atoms with Crippen LogP contribution in [-0.4, -0.2) is 9.97 Å². The lowest BCUT2D eigenvalue weighted by Crippen LogP contribution is -1.94. The number of benzene rings is 2. The van der Waals surface area contributed by atoms with Crippen molar-refractivity contribution in [2.75, 3.05) is 0 Å². The summed E-state index contributed by atoms with van der Waals surface area (Å²) in [5.74, 6) is 0.695. The van der Waals surface area contributed by atoms with E-state index in [1.807, 2.05) is 43.3 Å². The largest absolute Gasteiger partial charge is 0.233 e. The molecule has 3 aromatic rings. The van der Waals surface area contributed by atoms with Crippen molar-refractivity contribution in [2.24, 2.45) is 0 Å². The van der Waals surface area contributed by atoms with Gasteiger partial charge in [-0.3, -0.25) is 0 Å². The number of aromatic nitrogens is 2. The van der Waals surface area contributed by atoms with Gasteiger partial charge in [-0.2, -0.15) is 5.26 Å². The average molecular weight is 245 g/mol. The summed E-state index contributed by atoms with van der Waals surface area (Å²) in [6, 6.07) is 17.4. The molecule has 0 aliphatic rings. The molecule has 0 bridgehead atoms. The fourth-order valence-electron chi connectivity index (χ4n) is 2.06. The molecular formula is C16H11N3. The second-order valence-corrected chi connectivity index (χ2v) is 4.34. The SMILES string of the molecule is Cc1nc(-c2ccc(C#N)cc2)nc2ccccc12.